The van der Waals surface area contributed by atoms with Gasteiger partial charge in [-0.25, -0.2) is 4.85 Å². The SMILES string of the molecule is [C-]#[N+]c1ccc(O[C@@H]2C(=O)N(CCC)CC2(C)C)cc1C(F)(F)F. The van der Waals surface area contributed by atoms with Crippen molar-refractivity contribution in [3.63, 3.8) is 0 Å². The fraction of sp³-hybridized carbons (Fsp3) is 0.529. The number of hydrogen-bond donors (Lipinski definition) is 0. The molecule has 4 nitrogen and oxygen atoms in total. The van der Waals surface area contributed by atoms with Gasteiger partial charge in [0.1, 0.15) is 5.75 Å². The molecule has 0 aromatic heterocycles. The third-order valence-electron chi connectivity index (χ3n) is 3.99. The monoisotopic (exact) mass is 340 g/mol. The predicted octanol–water partition coefficient (Wildman–Crippen LogP) is 4.28. The first-order valence-corrected chi connectivity index (χ1v) is 7.64. The van der Waals surface area contributed by atoms with Gasteiger partial charge in [0.25, 0.3) is 5.91 Å². The number of hydrogen-bond acceptors (Lipinski definition) is 2. The summed E-state index contributed by atoms with van der Waals surface area (Å²) in [6.07, 6.45) is -4.70. The molecule has 0 N–H and O–H groups in total. The Bertz CT molecular complexity index is 677. The topological polar surface area (TPSA) is 33.9 Å². The lowest BCUT2D eigenvalue weighted by molar-refractivity contribution is -0.137. The summed E-state index contributed by atoms with van der Waals surface area (Å²) in [5.74, 6) is -0.274. The number of likely N-dealkylation sites (tertiary alicyclic amines) is 1. The van der Waals surface area contributed by atoms with Crippen LogP contribution in [0.2, 0.25) is 0 Å². The van der Waals surface area contributed by atoms with Gasteiger partial charge in [0.05, 0.1) is 12.1 Å². The van der Waals surface area contributed by atoms with E-state index in [1.165, 1.54) is 6.07 Å². The Morgan fingerprint density at radius 1 is 1.42 bits per heavy atom. The number of ether oxygens (including phenoxy) is 1. The molecule has 1 aromatic rings. The maximum absolute atomic E-state index is 13.0. The van der Waals surface area contributed by atoms with Gasteiger partial charge in [-0.15, -0.1) is 0 Å². The van der Waals surface area contributed by atoms with Crippen LogP contribution in [0.4, 0.5) is 18.9 Å². The molecule has 0 saturated carbocycles. The van der Waals surface area contributed by atoms with E-state index < -0.39 is 28.9 Å². The van der Waals surface area contributed by atoms with Gasteiger partial charge in [0.2, 0.25) is 0 Å². The molecule has 0 aliphatic carbocycles. The van der Waals surface area contributed by atoms with Gasteiger partial charge >= 0.3 is 6.18 Å². The Balaban J connectivity index is 2.31. The first-order chi connectivity index (χ1) is 11.1. The van der Waals surface area contributed by atoms with E-state index in [2.05, 4.69) is 4.85 Å². The molecular weight excluding hydrogens is 321 g/mol. The normalized spacial score (nSPS) is 20.1. The molecule has 1 heterocycles. The number of carbonyl (C=O) groups excluding carboxylic acids is 1. The summed E-state index contributed by atoms with van der Waals surface area (Å²) < 4.78 is 44.8. The van der Waals surface area contributed by atoms with Gasteiger partial charge in [-0.1, -0.05) is 26.8 Å². The summed E-state index contributed by atoms with van der Waals surface area (Å²) in [5.41, 5.74) is -2.05. The highest BCUT2D eigenvalue weighted by Gasteiger charge is 2.47. The average molecular weight is 340 g/mol. The van der Waals surface area contributed by atoms with Gasteiger partial charge in [0, 0.05) is 18.5 Å². The van der Waals surface area contributed by atoms with E-state index in [4.69, 9.17) is 11.3 Å². The summed E-state index contributed by atoms with van der Waals surface area (Å²) in [4.78, 5) is 17.0. The van der Waals surface area contributed by atoms with Crippen LogP contribution in [0.3, 0.4) is 0 Å². The fourth-order valence-corrected chi connectivity index (χ4v) is 2.87. The van der Waals surface area contributed by atoms with Crippen LogP contribution < -0.4 is 4.74 Å². The summed E-state index contributed by atoms with van der Waals surface area (Å²) in [6, 6.07) is 3.16. The molecular formula is C17H19F3N2O2. The molecule has 130 valence electrons. The van der Waals surface area contributed by atoms with Gasteiger partial charge in [0.15, 0.2) is 11.8 Å². The van der Waals surface area contributed by atoms with Crippen LogP contribution in [0.5, 0.6) is 5.75 Å². The molecule has 1 atom stereocenters. The van der Waals surface area contributed by atoms with E-state index in [1.807, 2.05) is 20.8 Å². The molecule has 2 rings (SSSR count). The summed E-state index contributed by atoms with van der Waals surface area (Å²) in [6.45, 7) is 13.6. The number of carbonyl (C=O) groups is 1. The lowest BCUT2D eigenvalue weighted by atomic mass is 9.89. The molecule has 1 fully saturated rings. The van der Waals surface area contributed by atoms with Crippen molar-refractivity contribution in [1.29, 1.82) is 0 Å². The fourth-order valence-electron chi connectivity index (χ4n) is 2.87. The number of halogens is 3. The smallest absolute Gasteiger partial charge is 0.407 e. The van der Waals surface area contributed by atoms with E-state index in [0.717, 1.165) is 18.6 Å². The summed E-state index contributed by atoms with van der Waals surface area (Å²) in [7, 11) is 0. The van der Waals surface area contributed by atoms with Crippen molar-refractivity contribution < 1.29 is 22.7 Å². The van der Waals surface area contributed by atoms with Crippen LogP contribution in [-0.4, -0.2) is 30.0 Å². The second-order valence-corrected chi connectivity index (χ2v) is 6.53. The molecule has 0 radical (unpaired) electrons. The molecule has 1 aromatic carbocycles. The molecule has 0 spiro atoms. The number of alkyl halides is 3. The Kier molecular flexibility index (Phi) is 4.79. The maximum Gasteiger partial charge on any atom is 0.407 e. The molecule has 24 heavy (non-hydrogen) atoms. The van der Waals surface area contributed by atoms with Crippen molar-refractivity contribution in [3.8, 4) is 5.75 Å². The molecule has 1 aliphatic heterocycles. The Labute approximate surface area is 139 Å². The van der Waals surface area contributed by atoms with Gasteiger partial charge < -0.3 is 9.64 Å². The first kappa shape index (κ1) is 18.1. The van der Waals surface area contributed by atoms with E-state index >= 15 is 0 Å². The zero-order valence-corrected chi connectivity index (χ0v) is 13.8. The van der Waals surface area contributed by atoms with Gasteiger partial charge in [-0.05, 0) is 18.6 Å². The van der Waals surface area contributed by atoms with Crippen molar-refractivity contribution in [2.24, 2.45) is 5.41 Å². The third kappa shape index (κ3) is 3.48. The van der Waals surface area contributed by atoms with Crippen LogP contribution in [-0.2, 0) is 11.0 Å². The van der Waals surface area contributed by atoms with E-state index in [-0.39, 0.29) is 11.7 Å². The third-order valence-corrected chi connectivity index (χ3v) is 3.99. The number of rotatable bonds is 4. The first-order valence-electron chi connectivity index (χ1n) is 7.64. The van der Waals surface area contributed by atoms with Crippen molar-refractivity contribution in [3.05, 3.63) is 35.2 Å². The van der Waals surface area contributed by atoms with Crippen LogP contribution in [0.15, 0.2) is 18.2 Å². The van der Waals surface area contributed by atoms with E-state index in [1.54, 1.807) is 4.90 Å². The molecule has 1 aliphatic rings. The Morgan fingerprint density at radius 2 is 2.08 bits per heavy atom. The lowest BCUT2D eigenvalue weighted by Crippen LogP contribution is -2.36. The Morgan fingerprint density at radius 3 is 2.62 bits per heavy atom. The van der Waals surface area contributed by atoms with E-state index in [0.29, 0.717) is 13.1 Å². The highest BCUT2D eigenvalue weighted by atomic mass is 19.4. The second kappa shape index (κ2) is 6.34. The van der Waals surface area contributed by atoms with Crippen LogP contribution in [0.25, 0.3) is 4.85 Å². The molecule has 1 amide bonds. The van der Waals surface area contributed by atoms with Crippen LogP contribution in [0.1, 0.15) is 32.8 Å². The molecule has 7 heteroatoms. The zero-order valence-electron chi connectivity index (χ0n) is 13.8. The minimum Gasteiger partial charge on any atom is -0.480 e. The number of nitrogens with zero attached hydrogens (tertiary/aromatic N) is 2. The molecule has 0 bridgehead atoms. The summed E-state index contributed by atoms with van der Waals surface area (Å²) >= 11 is 0. The highest BCUT2D eigenvalue weighted by molar-refractivity contribution is 5.84. The minimum atomic E-state index is -4.65. The zero-order chi connectivity index (χ0) is 18.1. The number of amides is 1. The highest BCUT2D eigenvalue weighted by Crippen LogP contribution is 2.40. The average Bonchev–Trinajstić information content (AvgIpc) is 2.70. The summed E-state index contributed by atoms with van der Waals surface area (Å²) in [5, 5.41) is 0. The quantitative estimate of drug-likeness (QED) is 0.767. The van der Waals surface area contributed by atoms with E-state index in [9.17, 15) is 18.0 Å². The molecule has 0 unspecified atom stereocenters. The predicted molar refractivity (Wildman–Crippen MR) is 82.8 cm³/mol. The van der Waals surface area contributed by atoms with Gasteiger partial charge in [-0.3, -0.25) is 4.79 Å². The largest absolute Gasteiger partial charge is 0.480 e. The maximum atomic E-state index is 13.0. The van der Waals surface area contributed by atoms with Crippen LogP contribution >= 0.6 is 0 Å². The lowest BCUT2D eigenvalue weighted by Gasteiger charge is -2.25. The Hall–Kier alpha value is -2.23. The van der Waals surface area contributed by atoms with Crippen molar-refractivity contribution in [2.75, 3.05) is 13.1 Å². The van der Waals surface area contributed by atoms with Crippen LogP contribution in [0, 0.1) is 12.0 Å². The minimum absolute atomic E-state index is 0.0560. The van der Waals surface area contributed by atoms with Crippen molar-refractivity contribution in [1.82, 2.24) is 4.90 Å². The second-order valence-electron chi connectivity index (χ2n) is 6.53. The van der Waals surface area contributed by atoms with Crippen molar-refractivity contribution in [2.45, 2.75) is 39.5 Å². The molecule has 1 saturated heterocycles. The standard InChI is InChI=1S/C17H19F3N2O2/c1-5-8-22-10-16(2,3)14(15(22)23)24-11-6-7-13(21-4)12(9-11)17(18,19)20/h6-7,9,14H,5,8,10H2,1-3H3/t14-/m1/s1. The number of benzene rings is 1. The van der Waals surface area contributed by atoms with Gasteiger partial charge in [-0.2, -0.15) is 13.2 Å². The van der Waals surface area contributed by atoms with Crippen molar-refractivity contribution >= 4 is 11.6 Å².